The van der Waals surface area contributed by atoms with Gasteiger partial charge in [0.1, 0.15) is 5.82 Å². The van der Waals surface area contributed by atoms with E-state index in [2.05, 4.69) is 34.3 Å². The first-order chi connectivity index (χ1) is 13.1. The maximum Gasteiger partial charge on any atom is 0.289 e. The van der Waals surface area contributed by atoms with Crippen LogP contribution in [0, 0.1) is 0 Å². The van der Waals surface area contributed by atoms with E-state index in [0.717, 1.165) is 70.4 Å². The van der Waals surface area contributed by atoms with Crippen LogP contribution in [0.5, 0.6) is 0 Å². The minimum Gasteiger partial charge on any atom is -0.370 e. The summed E-state index contributed by atoms with van der Waals surface area (Å²) < 4.78 is 8.44. The van der Waals surface area contributed by atoms with Crippen LogP contribution in [-0.4, -0.2) is 63.0 Å². The zero-order valence-corrected chi connectivity index (χ0v) is 16.7. The number of nitrogens with zero attached hydrogens (tertiary/aromatic N) is 4. The minimum absolute atomic E-state index is 0.0345. The summed E-state index contributed by atoms with van der Waals surface area (Å²) in [5.74, 6) is 1.30. The Morgan fingerprint density at radius 3 is 2.78 bits per heavy atom. The third kappa shape index (κ3) is 4.04. The number of likely N-dealkylation sites (tertiary alicyclic amines) is 1. The molecule has 0 bridgehead atoms. The van der Waals surface area contributed by atoms with Crippen LogP contribution in [0.4, 0.5) is 0 Å². The third-order valence-electron chi connectivity index (χ3n) is 6.58. The van der Waals surface area contributed by atoms with Crippen molar-refractivity contribution in [1.29, 1.82) is 0 Å². The molecule has 4 rings (SSSR count). The van der Waals surface area contributed by atoms with E-state index >= 15 is 0 Å². The van der Waals surface area contributed by atoms with Gasteiger partial charge in [-0.3, -0.25) is 4.79 Å². The monoisotopic (exact) mass is 375 g/mol. The van der Waals surface area contributed by atoms with Gasteiger partial charge in [0, 0.05) is 38.6 Å². The predicted molar refractivity (Wildman–Crippen MR) is 103 cm³/mol. The number of carbonyl (C=O) groups excluding carboxylic acids is 1. The van der Waals surface area contributed by atoms with Gasteiger partial charge in [0.05, 0.1) is 11.7 Å². The normalized spacial score (nSPS) is 25.5. The SMILES string of the molecule is CC(C)N1CCC2(CC[C@@H](CNC(=O)c3nnc4n3CCCCC4)O2)CC1. The zero-order chi connectivity index (χ0) is 18.9. The van der Waals surface area contributed by atoms with Crippen LogP contribution in [0.1, 0.15) is 75.2 Å². The molecule has 150 valence electrons. The van der Waals surface area contributed by atoms with Gasteiger partial charge in [0.2, 0.25) is 5.82 Å². The van der Waals surface area contributed by atoms with E-state index in [9.17, 15) is 4.79 Å². The third-order valence-corrected chi connectivity index (χ3v) is 6.58. The molecule has 0 aromatic carbocycles. The fourth-order valence-corrected chi connectivity index (χ4v) is 4.79. The maximum atomic E-state index is 12.6. The average Bonchev–Trinajstić information content (AvgIpc) is 3.17. The molecule has 1 N–H and O–H groups in total. The molecule has 1 amide bonds. The first-order valence-corrected chi connectivity index (χ1v) is 10.7. The van der Waals surface area contributed by atoms with E-state index in [1.807, 2.05) is 4.57 Å². The van der Waals surface area contributed by atoms with Crippen molar-refractivity contribution in [3.63, 3.8) is 0 Å². The Kier molecular flexibility index (Phi) is 5.50. The summed E-state index contributed by atoms with van der Waals surface area (Å²) >= 11 is 0. The van der Waals surface area contributed by atoms with Crippen LogP contribution in [-0.2, 0) is 17.7 Å². The summed E-state index contributed by atoms with van der Waals surface area (Å²) in [6, 6.07) is 0.608. The molecular weight excluding hydrogens is 342 g/mol. The molecule has 1 aromatic rings. The topological polar surface area (TPSA) is 72.3 Å². The van der Waals surface area contributed by atoms with Crippen LogP contribution in [0.3, 0.4) is 0 Å². The molecule has 0 unspecified atom stereocenters. The highest BCUT2D eigenvalue weighted by Crippen LogP contribution is 2.39. The van der Waals surface area contributed by atoms with Gasteiger partial charge >= 0.3 is 0 Å². The van der Waals surface area contributed by atoms with Crippen molar-refractivity contribution in [1.82, 2.24) is 25.0 Å². The molecule has 3 aliphatic rings. The highest BCUT2D eigenvalue weighted by atomic mass is 16.5. The Balaban J connectivity index is 1.29. The number of rotatable bonds is 4. The van der Waals surface area contributed by atoms with Crippen LogP contribution in [0.25, 0.3) is 0 Å². The zero-order valence-electron chi connectivity index (χ0n) is 16.7. The van der Waals surface area contributed by atoms with Crippen LogP contribution in [0.15, 0.2) is 0 Å². The molecule has 2 fully saturated rings. The number of carbonyl (C=O) groups is 1. The van der Waals surface area contributed by atoms with E-state index in [-0.39, 0.29) is 17.6 Å². The Hall–Kier alpha value is -1.47. The first kappa shape index (κ1) is 18.9. The summed E-state index contributed by atoms with van der Waals surface area (Å²) in [5, 5.41) is 11.4. The minimum atomic E-state index is -0.116. The number of aryl methyl sites for hydroxylation is 1. The second-order valence-electron chi connectivity index (χ2n) is 8.70. The van der Waals surface area contributed by atoms with Crippen LogP contribution >= 0.6 is 0 Å². The fraction of sp³-hybridized carbons (Fsp3) is 0.850. The molecule has 0 radical (unpaired) electrons. The van der Waals surface area contributed by atoms with Gasteiger partial charge in [0.25, 0.3) is 5.91 Å². The van der Waals surface area contributed by atoms with Gasteiger partial charge in [-0.15, -0.1) is 10.2 Å². The maximum absolute atomic E-state index is 12.6. The number of ether oxygens (including phenoxy) is 1. The molecule has 1 atom stereocenters. The highest BCUT2D eigenvalue weighted by molar-refractivity contribution is 5.90. The van der Waals surface area contributed by atoms with Gasteiger partial charge < -0.3 is 19.5 Å². The summed E-state index contributed by atoms with van der Waals surface area (Å²) in [6.07, 6.45) is 8.80. The lowest BCUT2D eigenvalue weighted by molar-refractivity contribution is -0.0788. The standard InChI is InChI=1S/C20H33N5O2/c1-15(2)24-12-9-20(10-13-24)8-7-16(27-20)14-21-19(26)18-23-22-17-6-4-3-5-11-25(17)18/h15-16H,3-14H2,1-2H3,(H,21,26)/t16-/m0/s1. The van der Waals surface area contributed by atoms with Crippen LogP contribution in [0.2, 0.25) is 0 Å². The highest BCUT2D eigenvalue weighted by Gasteiger charge is 2.42. The molecule has 4 heterocycles. The van der Waals surface area contributed by atoms with Gasteiger partial charge in [-0.05, 0) is 52.4 Å². The van der Waals surface area contributed by atoms with Crippen molar-refractivity contribution in [2.75, 3.05) is 19.6 Å². The molecule has 0 saturated carbocycles. The molecule has 2 saturated heterocycles. The van der Waals surface area contributed by atoms with E-state index < -0.39 is 0 Å². The van der Waals surface area contributed by atoms with E-state index in [1.54, 1.807) is 0 Å². The number of hydrogen-bond donors (Lipinski definition) is 1. The van der Waals surface area contributed by atoms with E-state index in [1.165, 1.54) is 6.42 Å². The molecule has 7 nitrogen and oxygen atoms in total. The van der Waals surface area contributed by atoms with Crippen molar-refractivity contribution in [2.45, 2.75) is 89.5 Å². The Morgan fingerprint density at radius 1 is 1.19 bits per heavy atom. The van der Waals surface area contributed by atoms with E-state index in [4.69, 9.17) is 4.74 Å². The van der Waals surface area contributed by atoms with E-state index in [0.29, 0.717) is 18.4 Å². The van der Waals surface area contributed by atoms with Crippen molar-refractivity contribution >= 4 is 5.91 Å². The molecule has 3 aliphatic heterocycles. The lowest BCUT2D eigenvalue weighted by Gasteiger charge is -2.40. The lowest BCUT2D eigenvalue weighted by atomic mass is 9.88. The fourth-order valence-electron chi connectivity index (χ4n) is 4.79. The number of aromatic nitrogens is 3. The molecule has 27 heavy (non-hydrogen) atoms. The Bertz CT molecular complexity index is 663. The van der Waals surface area contributed by atoms with Crippen molar-refractivity contribution < 1.29 is 9.53 Å². The second kappa shape index (κ2) is 7.87. The summed E-state index contributed by atoms with van der Waals surface area (Å²) in [6.45, 7) is 8.16. The smallest absolute Gasteiger partial charge is 0.289 e. The van der Waals surface area contributed by atoms with Gasteiger partial charge in [0.15, 0.2) is 0 Å². The second-order valence-corrected chi connectivity index (χ2v) is 8.70. The number of fused-ring (bicyclic) bond motifs is 1. The van der Waals surface area contributed by atoms with Gasteiger partial charge in [-0.25, -0.2) is 0 Å². The Labute approximate surface area is 161 Å². The van der Waals surface area contributed by atoms with Crippen molar-refractivity contribution in [3.05, 3.63) is 11.6 Å². The predicted octanol–water partition coefficient (Wildman–Crippen LogP) is 2.16. The molecular formula is C20H33N5O2. The number of nitrogens with one attached hydrogen (secondary N) is 1. The number of piperidine rings is 1. The number of amides is 1. The Morgan fingerprint density at radius 2 is 2.00 bits per heavy atom. The first-order valence-electron chi connectivity index (χ1n) is 10.7. The average molecular weight is 376 g/mol. The van der Waals surface area contributed by atoms with Crippen LogP contribution < -0.4 is 5.32 Å². The van der Waals surface area contributed by atoms with Gasteiger partial charge in [-0.1, -0.05) is 6.42 Å². The summed E-state index contributed by atoms with van der Waals surface area (Å²) in [7, 11) is 0. The number of hydrogen-bond acceptors (Lipinski definition) is 5. The summed E-state index contributed by atoms with van der Waals surface area (Å²) in [5.41, 5.74) is 0.0345. The molecule has 7 heteroatoms. The quantitative estimate of drug-likeness (QED) is 0.873. The van der Waals surface area contributed by atoms with Crippen molar-refractivity contribution in [3.8, 4) is 0 Å². The largest absolute Gasteiger partial charge is 0.370 e. The molecule has 0 aliphatic carbocycles. The van der Waals surface area contributed by atoms with Gasteiger partial charge in [-0.2, -0.15) is 0 Å². The summed E-state index contributed by atoms with van der Waals surface area (Å²) in [4.78, 5) is 15.2. The molecule has 1 aromatic heterocycles. The molecule has 1 spiro atoms. The van der Waals surface area contributed by atoms with Crippen molar-refractivity contribution in [2.24, 2.45) is 0 Å². The lowest BCUT2D eigenvalue weighted by Crippen LogP contribution is -2.47.